The molecule has 2 saturated heterocycles. The highest BCUT2D eigenvalue weighted by Gasteiger charge is 2.59. The Kier molecular flexibility index (Phi) is 5.88. The van der Waals surface area contributed by atoms with Gasteiger partial charge in [-0.25, -0.2) is 0 Å². The molecule has 1 aromatic rings. The van der Waals surface area contributed by atoms with Crippen molar-refractivity contribution in [3.63, 3.8) is 0 Å². The van der Waals surface area contributed by atoms with Gasteiger partial charge in [0.2, 0.25) is 0 Å². The van der Waals surface area contributed by atoms with Crippen molar-refractivity contribution in [2.45, 2.75) is 74.3 Å². The second-order valence-electron chi connectivity index (χ2n) is 7.52. The van der Waals surface area contributed by atoms with E-state index in [0.717, 1.165) is 38.8 Å². The summed E-state index contributed by atoms with van der Waals surface area (Å²) in [6.45, 7) is 1.54. The monoisotopic (exact) mass is 379 g/mol. The zero-order valence-corrected chi connectivity index (χ0v) is 16.2. The van der Waals surface area contributed by atoms with Crippen molar-refractivity contribution in [2.75, 3.05) is 13.7 Å². The maximum absolute atomic E-state index is 6.34. The summed E-state index contributed by atoms with van der Waals surface area (Å²) in [5.41, 5.74) is 1.26. The van der Waals surface area contributed by atoms with Gasteiger partial charge in [0, 0.05) is 38.3 Å². The Morgan fingerprint density at radius 1 is 1.19 bits per heavy atom. The fourth-order valence-corrected chi connectivity index (χ4v) is 4.71. The van der Waals surface area contributed by atoms with Crippen LogP contribution in [0.4, 0.5) is 0 Å². The standard InChI is InChI=1S/C20H29NO4S/c1-22-17-16(15(26)13-21-12-14-8-4-2-5-9-14)23-19-18(17)24-20(25-19)10-6-3-7-11-20/h2,4-5,8-9,15-19,21,26H,3,6-7,10-13H2,1H3/t15-,16+,17-,18+,19+/m0/s1. The number of methoxy groups -OCH3 is 1. The second-order valence-corrected chi connectivity index (χ2v) is 8.19. The molecule has 5 atom stereocenters. The highest BCUT2D eigenvalue weighted by molar-refractivity contribution is 7.81. The van der Waals surface area contributed by atoms with Crippen LogP contribution in [0.15, 0.2) is 30.3 Å². The number of fused-ring (bicyclic) bond motifs is 1. The highest BCUT2D eigenvalue weighted by Crippen LogP contribution is 2.46. The van der Waals surface area contributed by atoms with Crippen LogP contribution in [0.1, 0.15) is 37.7 Å². The lowest BCUT2D eigenvalue weighted by Crippen LogP contribution is -2.44. The Morgan fingerprint density at radius 3 is 2.69 bits per heavy atom. The van der Waals surface area contributed by atoms with E-state index in [1.54, 1.807) is 7.11 Å². The molecular weight excluding hydrogens is 350 g/mol. The summed E-state index contributed by atoms with van der Waals surface area (Å²) in [4.78, 5) is 0. The topological polar surface area (TPSA) is 49.0 Å². The third kappa shape index (κ3) is 3.81. The fourth-order valence-electron chi connectivity index (χ4n) is 4.34. The molecule has 1 aromatic carbocycles. The molecule has 5 nitrogen and oxygen atoms in total. The van der Waals surface area contributed by atoms with E-state index in [9.17, 15) is 0 Å². The largest absolute Gasteiger partial charge is 0.376 e. The molecule has 2 heterocycles. The van der Waals surface area contributed by atoms with E-state index in [4.69, 9.17) is 31.6 Å². The molecule has 0 radical (unpaired) electrons. The zero-order chi connectivity index (χ0) is 18.0. The minimum atomic E-state index is -0.451. The predicted octanol–water partition coefficient (Wildman–Crippen LogP) is 2.89. The first-order valence-corrected chi connectivity index (χ1v) is 10.2. The van der Waals surface area contributed by atoms with Crippen LogP contribution in [-0.2, 0) is 25.5 Å². The molecule has 3 aliphatic rings. The van der Waals surface area contributed by atoms with Crippen molar-refractivity contribution >= 4 is 12.6 Å². The molecular formula is C20H29NO4S. The van der Waals surface area contributed by atoms with Gasteiger partial charge < -0.3 is 24.3 Å². The van der Waals surface area contributed by atoms with E-state index in [0.29, 0.717) is 0 Å². The second kappa shape index (κ2) is 8.17. The van der Waals surface area contributed by atoms with Gasteiger partial charge in [0.05, 0.1) is 0 Å². The highest BCUT2D eigenvalue weighted by atomic mass is 32.1. The molecule has 1 N–H and O–H groups in total. The summed E-state index contributed by atoms with van der Waals surface area (Å²) >= 11 is 4.77. The zero-order valence-electron chi connectivity index (χ0n) is 15.3. The Balaban J connectivity index is 1.32. The van der Waals surface area contributed by atoms with Gasteiger partial charge in [-0.2, -0.15) is 12.6 Å². The summed E-state index contributed by atoms with van der Waals surface area (Å²) in [5, 5.41) is 3.46. The number of hydrogen-bond acceptors (Lipinski definition) is 6. The van der Waals surface area contributed by atoms with Crippen LogP contribution in [0, 0.1) is 0 Å². The maximum atomic E-state index is 6.34. The summed E-state index contributed by atoms with van der Waals surface area (Å²) in [6, 6.07) is 10.3. The molecule has 4 rings (SSSR count). The lowest BCUT2D eigenvalue weighted by Gasteiger charge is -2.34. The molecule has 1 aliphatic carbocycles. The molecule has 0 bridgehead atoms. The van der Waals surface area contributed by atoms with Crippen LogP contribution in [0.25, 0.3) is 0 Å². The van der Waals surface area contributed by atoms with Gasteiger partial charge in [-0.3, -0.25) is 0 Å². The van der Waals surface area contributed by atoms with Crippen LogP contribution >= 0.6 is 12.6 Å². The van der Waals surface area contributed by atoms with Gasteiger partial charge in [-0.05, 0) is 18.4 Å². The van der Waals surface area contributed by atoms with Crippen molar-refractivity contribution in [1.82, 2.24) is 5.32 Å². The van der Waals surface area contributed by atoms with E-state index in [1.807, 2.05) is 18.2 Å². The Labute approximate surface area is 161 Å². The number of hydrogen-bond donors (Lipinski definition) is 2. The molecule has 1 saturated carbocycles. The minimum absolute atomic E-state index is 0.00349. The fraction of sp³-hybridized carbons (Fsp3) is 0.700. The van der Waals surface area contributed by atoms with Crippen molar-refractivity contribution < 1.29 is 18.9 Å². The van der Waals surface area contributed by atoms with Crippen LogP contribution in [0.2, 0.25) is 0 Å². The Bertz CT molecular complexity index is 580. The Hall–Kier alpha value is -0.630. The summed E-state index contributed by atoms with van der Waals surface area (Å²) in [5.74, 6) is -0.451. The summed E-state index contributed by atoms with van der Waals surface area (Å²) < 4.78 is 24.5. The summed E-state index contributed by atoms with van der Waals surface area (Å²) in [7, 11) is 1.72. The molecule has 26 heavy (non-hydrogen) atoms. The number of nitrogens with one attached hydrogen (secondary N) is 1. The Morgan fingerprint density at radius 2 is 1.96 bits per heavy atom. The van der Waals surface area contributed by atoms with Crippen molar-refractivity contribution in [2.24, 2.45) is 0 Å². The van der Waals surface area contributed by atoms with E-state index in [-0.39, 0.29) is 29.9 Å². The first-order chi connectivity index (χ1) is 12.7. The summed E-state index contributed by atoms with van der Waals surface area (Å²) in [6.07, 6.45) is 4.66. The van der Waals surface area contributed by atoms with E-state index in [2.05, 4.69) is 17.4 Å². The normalized spacial score (nSPS) is 34.1. The molecule has 1 spiro atoms. The lowest BCUT2D eigenvalue weighted by molar-refractivity contribution is -0.246. The van der Waals surface area contributed by atoms with E-state index in [1.165, 1.54) is 12.0 Å². The molecule has 0 unspecified atom stereocenters. The SMILES string of the molecule is CO[C@@H]1[C@H]2OC3(CCCCC3)O[C@H]2O[C@@H]1[C@@H](S)CNCc1ccccc1. The number of benzene rings is 1. The maximum Gasteiger partial charge on any atom is 0.190 e. The average molecular weight is 380 g/mol. The third-order valence-electron chi connectivity index (χ3n) is 5.68. The lowest BCUT2D eigenvalue weighted by atomic mass is 9.94. The number of thiol groups is 1. The molecule has 0 aromatic heterocycles. The smallest absolute Gasteiger partial charge is 0.190 e. The molecule has 6 heteroatoms. The van der Waals surface area contributed by atoms with Crippen molar-refractivity contribution in [3.05, 3.63) is 35.9 Å². The first-order valence-electron chi connectivity index (χ1n) is 9.67. The van der Waals surface area contributed by atoms with Crippen molar-refractivity contribution in [1.29, 1.82) is 0 Å². The van der Waals surface area contributed by atoms with E-state index < -0.39 is 5.79 Å². The quantitative estimate of drug-likeness (QED) is 0.745. The first kappa shape index (κ1) is 18.7. The van der Waals surface area contributed by atoms with Crippen LogP contribution < -0.4 is 5.32 Å². The van der Waals surface area contributed by atoms with Crippen LogP contribution in [-0.4, -0.2) is 49.3 Å². The van der Waals surface area contributed by atoms with Gasteiger partial charge in [-0.15, -0.1) is 0 Å². The molecule has 2 aliphatic heterocycles. The van der Waals surface area contributed by atoms with Crippen molar-refractivity contribution in [3.8, 4) is 0 Å². The average Bonchev–Trinajstić information content (AvgIpc) is 3.16. The van der Waals surface area contributed by atoms with Crippen LogP contribution in [0.5, 0.6) is 0 Å². The van der Waals surface area contributed by atoms with Gasteiger partial charge in [0.15, 0.2) is 12.1 Å². The predicted molar refractivity (Wildman–Crippen MR) is 102 cm³/mol. The van der Waals surface area contributed by atoms with Gasteiger partial charge in [0.1, 0.15) is 18.3 Å². The van der Waals surface area contributed by atoms with Gasteiger partial charge >= 0.3 is 0 Å². The van der Waals surface area contributed by atoms with E-state index >= 15 is 0 Å². The number of rotatable bonds is 6. The van der Waals surface area contributed by atoms with Gasteiger partial charge in [-0.1, -0.05) is 36.8 Å². The van der Waals surface area contributed by atoms with Gasteiger partial charge in [0.25, 0.3) is 0 Å². The minimum Gasteiger partial charge on any atom is -0.376 e. The molecule has 144 valence electrons. The molecule has 0 amide bonds. The molecule has 3 fully saturated rings. The third-order valence-corrected chi connectivity index (χ3v) is 6.16. The van der Waals surface area contributed by atoms with Crippen LogP contribution in [0.3, 0.4) is 0 Å². The number of ether oxygens (including phenoxy) is 4.